The Kier molecular flexibility index (Phi) is 12.4. The molecule has 2 N–H and O–H groups in total. The van der Waals surface area contributed by atoms with Crippen molar-refractivity contribution in [2.75, 3.05) is 20.2 Å². The molecule has 9 heteroatoms. The molecule has 1 rings (SSSR count). The minimum Gasteiger partial charge on any atom is -0.468 e. The molecule has 0 saturated carbocycles. The van der Waals surface area contributed by atoms with Gasteiger partial charge < -0.3 is 25.0 Å². The number of unbranched alkanes of at least 4 members (excludes halogenated alkanes) is 1. The van der Waals surface area contributed by atoms with Gasteiger partial charge in [-0.2, -0.15) is 0 Å². The fourth-order valence-corrected chi connectivity index (χ4v) is 3.66. The van der Waals surface area contributed by atoms with E-state index in [1.807, 2.05) is 39.8 Å². The molecule has 0 aliphatic rings. The molecule has 3 amide bonds. The second-order valence-electron chi connectivity index (χ2n) is 9.95. The zero-order chi connectivity index (χ0) is 27.5. The number of nitrogens with one attached hydrogen (secondary N) is 2. The average Bonchev–Trinajstić information content (AvgIpc) is 2.82. The summed E-state index contributed by atoms with van der Waals surface area (Å²) in [4.78, 5) is 53.4. The Morgan fingerprint density at radius 2 is 1.72 bits per heavy atom. The molecule has 0 spiro atoms. The Morgan fingerprint density at radius 3 is 2.25 bits per heavy atom. The van der Waals surface area contributed by atoms with Gasteiger partial charge in [-0.3, -0.25) is 14.4 Å². The van der Waals surface area contributed by atoms with Crippen molar-refractivity contribution in [3.8, 4) is 0 Å². The fraction of sp³-hybridized carbons (Fsp3) is 0.630. The van der Waals surface area contributed by atoms with Crippen molar-refractivity contribution < 1.29 is 28.7 Å². The Hall–Kier alpha value is -3.10. The van der Waals surface area contributed by atoms with E-state index in [4.69, 9.17) is 4.74 Å². The first-order valence-corrected chi connectivity index (χ1v) is 12.6. The van der Waals surface area contributed by atoms with Crippen LogP contribution in [-0.4, -0.2) is 60.6 Å². The van der Waals surface area contributed by atoms with Crippen LogP contribution in [0.5, 0.6) is 0 Å². The lowest BCUT2D eigenvalue weighted by Gasteiger charge is -2.36. The van der Waals surface area contributed by atoms with Crippen LogP contribution in [0.1, 0.15) is 78.0 Å². The number of alkyl carbamates (subject to hydrolysis) is 1. The van der Waals surface area contributed by atoms with Crippen molar-refractivity contribution in [3.05, 3.63) is 35.4 Å². The highest BCUT2D eigenvalue weighted by Crippen LogP contribution is 2.27. The van der Waals surface area contributed by atoms with Crippen LogP contribution in [0, 0.1) is 12.8 Å². The number of carbonyl (C=O) groups is 4. The summed E-state index contributed by atoms with van der Waals surface area (Å²) in [5.41, 5.74) is 0.738. The van der Waals surface area contributed by atoms with E-state index in [-0.39, 0.29) is 18.4 Å². The number of amides is 3. The fourth-order valence-electron chi connectivity index (χ4n) is 3.66. The lowest BCUT2D eigenvalue weighted by Crippen LogP contribution is -2.55. The van der Waals surface area contributed by atoms with Gasteiger partial charge in [0.15, 0.2) is 0 Å². The van der Waals surface area contributed by atoms with Crippen LogP contribution in [0.15, 0.2) is 24.3 Å². The molecule has 1 aromatic carbocycles. The molecule has 9 nitrogen and oxygen atoms in total. The summed E-state index contributed by atoms with van der Waals surface area (Å²) in [7, 11) is 1.24. The largest absolute Gasteiger partial charge is 0.468 e. The number of esters is 1. The SMILES string of the molecule is CCCCN(C(=O)C(NC(=O)OC(C)(C)C)C(C)CC)C(C(=O)NCC(=O)OC)c1ccccc1C. The van der Waals surface area contributed by atoms with Gasteiger partial charge in [0, 0.05) is 6.54 Å². The molecule has 0 saturated heterocycles. The Morgan fingerprint density at radius 1 is 1.08 bits per heavy atom. The first-order chi connectivity index (χ1) is 16.9. The molecule has 0 aliphatic carbocycles. The van der Waals surface area contributed by atoms with Gasteiger partial charge in [-0.05, 0) is 51.2 Å². The minimum atomic E-state index is -0.998. The average molecular weight is 506 g/mol. The highest BCUT2D eigenvalue weighted by atomic mass is 16.6. The van der Waals surface area contributed by atoms with Crippen molar-refractivity contribution in [3.63, 3.8) is 0 Å². The number of carbonyl (C=O) groups excluding carboxylic acids is 4. The van der Waals surface area contributed by atoms with E-state index >= 15 is 0 Å². The van der Waals surface area contributed by atoms with Crippen molar-refractivity contribution in [1.82, 2.24) is 15.5 Å². The maximum atomic E-state index is 14.1. The lowest BCUT2D eigenvalue weighted by atomic mass is 9.94. The first kappa shape index (κ1) is 30.9. The van der Waals surface area contributed by atoms with E-state index < -0.39 is 35.7 Å². The summed E-state index contributed by atoms with van der Waals surface area (Å²) < 4.78 is 10.1. The molecule has 0 heterocycles. The van der Waals surface area contributed by atoms with E-state index in [9.17, 15) is 19.2 Å². The van der Waals surface area contributed by atoms with Gasteiger partial charge in [0.1, 0.15) is 24.2 Å². The van der Waals surface area contributed by atoms with Crippen LogP contribution in [0.2, 0.25) is 0 Å². The molecule has 0 bridgehead atoms. The van der Waals surface area contributed by atoms with Gasteiger partial charge in [0.2, 0.25) is 11.8 Å². The molecule has 1 aromatic rings. The Balaban J connectivity index is 3.50. The van der Waals surface area contributed by atoms with Gasteiger partial charge >= 0.3 is 12.1 Å². The number of rotatable bonds is 12. The summed E-state index contributed by atoms with van der Waals surface area (Å²) in [5, 5.41) is 5.35. The third-order valence-corrected chi connectivity index (χ3v) is 5.86. The quantitative estimate of drug-likeness (QED) is 0.417. The summed E-state index contributed by atoms with van der Waals surface area (Å²) >= 11 is 0. The maximum Gasteiger partial charge on any atom is 0.408 e. The smallest absolute Gasteiger partial charge is 0.408 e. The second-order valence-corrected chi connectivity index (χ2v) is 9.95. The van der Waals surface area contributed by atoms with Gasteiger partial charge in [-0.15, -0.1) is 0 Å². The molecule has 0 aliphatic heterocycles. The molecule has 202 valence electrons. The number of hydrogen-bond acceptors (Lipinski definition) is 6. The van der Waals surface area contributed by atoms with E-state index in [0.717, 1.165) is 12.0 Å². The zero-order valence-corrected chi connectivity index (χ0v) is 23.0. The van der Waals surface area contributed by atoms with Crippen molar-refractivity contribution in [2.24, 2.45) is 5.92 Å². The molecule has 0 aromatic heterocycles. The number of hydrogen-bond donors (Lipinski definition) is 2. The van der Waals surface area contributed by atoms with Crippen LogP contribution >= 0.6 is 0 Å². The van der Waals surface area contributed by atoms with Crippen molar-refractivity contribution in [1.29, 1.82) is 0 Å². The normalized spacial score (nSPS) is 13.7. The highest BCUT2D eigenvalue weighted by Gasteiger charge is 2.38. The van der Waals surface area contributed by atoms with Crippen LogP contribution in [-0.2, 0) is 23.9 Å². The van der Waals surface area contributed by atoms with Gasteiger partial charge in [0.25, 0.3) is 0 Å². The topological polar surface area (TPSA) is 114 Å². The summed E-state index contributed by atoms with van der Waals surface area (Å²) in [6, 6.07) is 5.42. The first-order valence-electron chi connectivity index (χ1n) is 12.6. The summed E-state index contributed by atoms with van der Waals surface area (Å²) in [5.74, 6) is -1.70. The lowest BCUT2D eigenvalue weighted by molar-refractivity contribution is -0.145. The standard InChI is InChI=1S/C27H43N3O6/c1-9-11-16-30(25(33)22(18(3)10-2)29-26(34)36-27(5,6)7)23(20-15-13-12-14-19(20)4)24(32)28-17-21(31)35-8/h12-15,18,22-23H,9-11,16-17H2,1-8H3,(H,28,32)(H,29,34). The number of aryl methyl sites for hydroxylation is 1. The van der Waals surface area contributed by atoms with Crippen LogP contribution in [0.4, 0.5) is 4.79 Å². The van der Waals surface area contributed by atoms with E-state index in [1.54, 1.807) is 32.9 Å². The number of ether oxygens (including phenoxy) is 2. The summed E-state index contributed by atoms with van der Waals surface area (Å²) in [6.07, 6.45) is 1.37. The summed E-state index contributed by atoms with van der Waals surface area (Å²) in [6.45, 7) is 12.9. The molecule has 3 atom stereocenters. The monoisotopic (exact) mass is 505 g/mol. The molecule has 36 heavy (non-hydrogen) atoms. The minimum absolute atomic E-state index is 0.218. The molecule has 3 unspecified atom stereocenters. The van der Waals surface area contributed by atoms with Gasteiger partial charge in [-0.1, -0.05) is 57.9 Å². The Labute approximate surface area is 215 Å². The predicted molar refractivity (Wildman–Crippen MR) is 138 cm³/mol. The third-order valence-electron chi connectivity index (χ3n) is 5.86. The highest BCUT2D eigenvalue weighted by molar-refractivity contribution is 5.93. The van der Waals surface area contributed by atoms with Gasteiger partial charge in [-0.25, -0.2) is 4.79 Å². The number of nitrogens with zero attached hydrogens (tertiary/aromatic N) is 1. The Bertz CT molecular complexity index is 896. The number of benzene rings is 1. The molecular formula is C27H43N3O6. The van der Waals surface area contributed by atoms with Crippen LogP contribution in [0.3, 0.4) is 0 Å². The van der Waals surface area contributed by atoms with E-state index in [1.165, 1.54) is 12.0 Å². The maximum absolute atomic E-state index is 14.1. The predicted octanol–water partition coefficient (Wildman–Crippen LogP) is 3.89. The van der Waals surface area contributed by atoms with Crippen molar-refractivity contribution >= 4 is 23.9 Å². The molecular weight excluding hydrogens is 462 g/mol. The van der Waals surface area contributed by atoms with E-state index in [0.29, 0.717) is 24.9 Å². The van der Waals surface area contributed by atoms with Crippen molar-refractivity contribution in [2.45, 2.75) is 85.4 Å². The third kappa shape index (κ3) is 9.51. The molecule has 0 fully saturated rings. The molecule has 0 radical (unpaired) electrons. The number of methoxy groups -OCH3 is 1. The zero-order valence-electron chi connectivity index (χ0n) is 23.0. The second kappa shape index (κ2) is 14.5. The van der Waals surface area contributed by atoms with Crippen LogP contribution in [0.25, 0.3) is 0 Å². The van der Waals surface area contributed by atoms with Gasteiger partial charge in [0.05, 0.1) is 7.11 Å². The van der Waals surface area contributed by atoms with E-state index in [2.05, 4.69) is 15.4 Å². The van der Waals surface area contributed by atoms with Crippen LogP contribution < -0.4 is 10.6 Å².